The predicted octanol–water partition coefficient (Wildman–Crippen LogP) is 3.38. The first-order valence-electron chi connectivity index (χ1n) is 5.76. The Kier molecular flexibility index (Phi) is 4.59. The summed E-state index contributed by atoms with van der Waals surface area (Å²) in [7, 11) is 0. The van der Waals surface area contributed by atoms with Crippen LogP contribution in [0.2, 0.25) is 0 Å². The minimum Gasteiger partial charge on any atom is -0.383 e. The van der Waals surface area contributed by atoms with Crippen molar-refractivity contribution in [1.82, 2.24) is 9.97 Å². The van der Waals surface area contributed by atoms with Crippen LogP contribution in [0.3, 0.4) is 0 Å². The molecule has 1 aromatic rings. The maximum Gasteiger partial charge on any atom is 0.134 e. The van der Waals surface area contributed by atoms with Crippen molar-refractivity contribution in [1.29, 1.82) is 0 Å². The highest BCUT2D eigenvalue weighted by Gasteiger charge is 2.13. The van der Waals surface area contributed by atoms with E-state index in [9.17, 15) is 0 Å². The molecule has 90 valence electrons. The average Bonchev–Trinajstić information content (AvgIpc) is 2.23. The van der Waals surface area contributed by atoms with E-state index in [1.54, 1.807) is 11.8 Å². The Balaban J connectivity index is 3.06. The number of rotatable bonds is 4. The molecule has 1 rings (SSSR count). The monoisotopic (exact) mass is 239 g/mol. The third-order valence-corrected chi connectivity index (χ3v) is 3.92. The highest BCUT2D eigenvalue weighted by Crippen LogP contribution is 2.29. The van der Waals surface area contributed by atoms with Crippen LogP contribution in [0.25, 0.3) is 0 Å². The van der Waals surface area contributed by atoms with E-state index in [4.69, 9.17) is 5.73 Å². The molecule has 1 aromatic heterocycles. The highest BCUT2D eigenvalue weighted by molar-refractivity contribution is 7.99. The van der Waals surface area contributed by atoms with Crippen LogP contribution in [0.1, 0.15) is 51.4 Å². The second kappa shape index (κ2) is 5.53. The summed E-state index contributed by atoms with van der Waals surface area (Å²) in [6, 6.07) is 0. The number of nitrogen functional groups attached to an aromatic ring is 1. The Morgan fingerprint density at radius 1 is 1.25 bits per heavy atom. The molecule has 0 spiro atoms. The summed E-state index contributed by atoms with van der Waals surface area (Å²) in [4.78, 5) is 8.91. The molecule has 1 heterocycles. The molecule has 0 saturated carbocycles. The first-order valence-corrected chi connectivity index (χ1v) is 6.64. The molecule has 3 nitrogen and oxygen atoms in total. The highest BCUT2D eigenvalue weighted by atomic mass is 32.2. The van der Waals surface area contributed by atoms with Crippen LogP contribution in [0.15, 0.2) is 5.03 Å². The molecule has 2 N–H and O–H groups in total. The molecule has 0 aliphatic heterocycles. The fourth-order valence-electron chi connectivity index (χ4n) is 1.18. The van der Waals surface area contributed by atoms with Crippen LogP contribution in [0.5, 0.6) is 0 Å². The second-order valence-corrected chi connectivity index (χ2v) is 5.82. The minimum atomic E-state index is 0.319. The maximum absolute atomic E-state index is 5.91. The summed E-state index contributed by atoms with van der Waals surface area (Å²) < 4.78 is 0. The summed E-state index contributed by atoms with van der Waals surface area (Å²) in [6.45, 7) is 10.5. The van der Waals surface area contributed by atoms with Crippen molar-refractivity contribution < 1.29 is 0 Å². The molecule has 0 aliphatic rings. The quantitative estimate of drug-likeness (QED) is 0.646. The number of hydrogen-bond donors (Lipinski definition) is 1. The fraction of sp³-hybridized carbons (Fsp3) is 0.667. The van der Waals surface area contributed by atoms with Gasteiger partial charge in [0.1, 0.15) is 16.7 Å². The Hall–Kier alpha value is -0.770. The van der Waals surface area contributed by atoms with E-state index in [1.807, 2.05) is 6.92 Å². The van der Waals surface area contributed by atoms with Gasteiger partial charge in [-0.1, -0.05) is 27.7 Å². The molecule has 1 atom stereocenters. The van der Waals surface area contributed by atoms with Gasteiger partial charge in [0.25, 0.3) is 0 Å². The van der Waals surface area contributed by atoms with Gasteiger partial charge in [-0.15, -0.1) is 11.8 Å². The summed E-state index contributed by atoms with van der Waals surface area (Å²) in [5.74, 6) is 1.78. The Morgan fingerprint density at radius 2 is 1.88 bits per heavy atom. The van der Waals surface area contributed by atoms with Crippen molar-refractivity contribution >= 4 is 17.6 Å². The molecule has 0 bridgehead atoms. The first kappa shape index (κ1) is 13.3. The number of nitrogens with zero attached hydrogens (tertiary/aromatic N) is 2. The van der Waals surface area contributed by atoms with E-state index in [-0.39, 0.29) is 0 Å². The lowest BCUT2D eigenvalue weighted by molar-refractivity contribution is 0.749. The van der Waals surface area contributed by atoms with Crippen molar-refractivity contribution in [3.05, 3.63) is 11.4 Å². The van der Waals surface area contributed by atoms with E-state index in [0.717, 1.165) is 22.8 Å². The molecule has 0 saturated heterocycles. The van der Waals surface area contributed by atoms with Crippen molar-refractivity contribution in [2.45, 2.75) is 57.2 Å². The Labute approximate surface area is 102 Å². The van der Waals surface area contributed by atoms with Gasteiger partial charge in [-0.2, -0.15) is 0 Å². The molecule has 0 aromatic carbocycles. The van der Waals surface area contributed by atoms with Crippen LogP contribution in [-0.2, 0) is 0 Å². The van der Waals surface area contributed by atoms with Crippen LogP contribution in [-0.4, -0.2) is 15.2 Å². The van der Waals surface area contributed by atoms with Gasteiger partial charge < -0.3 is 5.73 Å². The molecule has 16 heavy (non-hydrogen) atoms. The summed E-state index contributed by atoms with van der Waals surface area (Å²) >= 11 is 1.78. The second-order valence-electron chi connectivity index (χ2n) is 4.39. The van der Waals surface area contributed by atoms with Crippen LogP contribution in [0, 0.1) is 6.92 Å². The normalized spacial score (nSPS) is 13.1. The topological polar surface area (TPSA) is 51.8 Å². The van der Waals surface area contributed by atoms with Crippen LogP contribution in [0.4, 0.5) is 5.82 Å². The molecule has 0 radical (unpaired) electrons. The Bertz CT molecular complexity index is 364. The van der Waals surface area contributed by atoms with Gasteiger partial charge in [0.2, 0.25) is 0 Å². The van der Waals surface area contributed by atoms with E-state index in [0.29, 0.717) is 17.0 Å². The van der Waals surface area contributed by atoms with Gasteiger partial charge in [0, 0.05) is 16.7 Å². The van der Waals surface area contributed by atoms with Crippen molar-refractivity contribution in [3.8, 4) is 0 Å². The minimum absolute atomic E-state index is 0.319. The smallest absolute Gasteiger partial charge is 0.134 e. The molecule has 4 heteroatoms. The fourth-order valence-corrected chi connectivity index (χ4v) is 2.15. The van der Waals surface area contributed by atoms with Gasteiger partial charge in [-0.3, -0.25) is 0 Å². The van der Waals surface area contributed by atoms with Gasteiger partial charge in [-0.05, 0) is 13.3 Å². The third-order valence-electron chi connectivity index (χ3n) is 2.56. The molecule has 0 aliphatic carbocycles. The summed E-state index contributed by atoms with van der Waals surface area (Å²) in [5, 5.41) is 1.60. The standard InChI is InChI=1S/C12H21N3S/c1-6-8(4)16-12-9(5)10(13)14-11(15-12)7(2)3/h7-8H,6H2,1-5H3,(H2,13,14,15). The van der Waals surface area contributed by atoms with E-state index in [1.165, 1.54) is 0 Å². The lowest BCUT2D eigenvalue weighted by Gasteiger charge is -2.13. The average molecular weight is 239 g/mol. The molecular formula is C12H21N3S. The molecular weight excluding hydrogens is 218 g/mol. The lowest BCUT2D eigenvalue weighted by Crippen LogP contribution is -2.07. The zero-order valence-corrected chi connectivity index (χ0v) is 11.6. The molecule has 0 amide bonds. The lowest BCUT2D eigenvalue weighted by atomic mass is 10.2. The van der Waals surface area contributed by atoms with Crippen molar-refractivity contribution in [3.63, 3.8) is 0 Å². The van der Waals surface area contributed by atoms with Crippen molar-refractivity contribution in [2.24, 2.45) is 0 Å². The first-order chi connectivity index (χ1) is 7.45. The predicted molar refractivity (Wildman–Crippen MR) is 70.9 cm³/mol. The van der Waals surface area contributed by atoms with Gasteiger partial charge in [0.15, 0.2) is 0 Å². The van der Waals surface area contributed by atoms with Crippen molar-refractivity contribution in [2.75, 3.05) is 5.73 Å². The summed E-state index contributed by atoms with van der Waals surface area (Å²) in [6.07, 6.45) is 1.13. The number of hydrogen-bond acceptors (Lipinski definition) is 4. The molecule has 0 fully saturated rings. The zero-order valence-electron chi connectivity index (χ0n) is 10.7. The van der Waals surface area contributed by atoms with E-state index >= 15 is 0 Å². The number of nitrogens with two attached hydrogens (primary N) is 1. The van der Waals surface area contributed by atoms with E-state index in [2.05, 4.69) is 37.7 Å². The van der Waals surface area contributed by atoms with Crippen LogP contribution >= 0.6 is 11.8 Å². The third kappa shape index (κ3) is 3.11. The number of aromatic nitrogens is 2. The number of thioether (sulfide) groups is 1. The maximum atomic E-state index is 5.91. The SMILES string of the molecule is CCC(C)Sc1nc(C(C)C)nc(N)c1C. The number of anilines is 1. The zero-order chi connectivity index (χ0) is 12.3. The summed E-state index contributed by atoms with van der Waals surface area (Å²) in [5.41, 5.74) is 6.92. The largest absolute Gasteiger partial charge is 0.383 e. The Morgan fingerprint density at radius 3 is 2.38 bits per heavy atom. The van der Waals surface area contributed by atoms with Crippen LogP contribution < -0.4 is 5.73 Å². The van der Waals surface area contributed by atoms with E-state index < -0.39 is 0 Å². The van der Waals surface area contributed by atoms with Gasteiger partial charge >= 0.3 is 0 Å². The van der Waals surface area contributed by atoms with Gasteiger partial charge in [-0.25, -0.2) is 9.97 Å². The van der Waals surface area contributed by atoms with Gasteiger partial charge in [0.05, 0.1) is 0 Å². The molecule has 1 unspecified atom stereocenters.